The molecule has 1 aliphatic carbocycles. The lowest BCUT2D eigenvalue weighted by Crippen LogP contribution is -2.20. The Labute approximate surface area is 113 Å². The van der Waals surface area contributed by atoms with Crippen molar-refractivity contribution in [2.75, 3.05) is 5.32 Å². The number of anilines is 1. The number of aromatic carboxylic acids is 1. The molecule has 4 nitrogen and oxygen atoms in total. The second-order valence-corrected chi connectivity index (χ2v) is 4.96. The third-order valence-electron chi connectivity index (χ3n) is 3.34. The Hall–Kier alpha value is -2.02. The van der Waals surface area contributed by atoms with Crippen LogP contribution in [0.5, 0.6) is 0 Å². The summed E-state index contributed by atoms with van der Waals surface area (Å²) in [4.78, 5) is 15.8. The van der Waals surface area contributed by atoms with Crippen LogP contribution in [-0.2, 0) is 12.8 Å². The van der Waals surface area contributed by atoms with Crippen molar-refractivity contribution in [1.82, 2.24) is 4.98 Å². The molecule has 0 saturated carbocycles. The third-order valence-corrected chi connectivity index (χ3v) is 3.34. The smallest absolute Gasteiger partial charge is 0.339 e. The van der Waals surface area contributed by atoms with Crippen LogP contribution in [0.15, 0.2) is 6.07 Å². The van der Waals surface area contributed by atoms with E-state index in [4.69, 9.17) is 6.42 Å². The van der Waals surface area contributed by atoms with Gasteiger partial charge in [-0.25, -0.2) is 9.78 Å². The van der Waals surface area contributed by atoms with Crippen molar-refractivity contribution in [2.24, 2.45) is 0 Å². The number of hydrogen-bond acceptors (Lipinski definition) is 3. The van der Waals surface area contributed by atoms with E-state index in [0.717, 1.165) is 36.9 Å². The fraction of sp³-hybridized carbons (Fsp3) is 0.467. The number of pyridine rings is 1. The van der Waals surface area contributed by atoms with Crippen LogP contribution in [0.4, 0.5) is 5.82 Å². The fourth-order valence-electron chi connectivity index (χ4n) is 2.37. The fourth-order valence-corrected chi connectivity index (χ4v) is 2.37. The Morgan fingerprint density at radius 3 is 3.00 bits per heavy atom. The zero-order chi connectivity index (χ0) is 13.8. The number of hydrogen-bond donors (Lipinski definition) is 2. The molecule has 0 aromatic carbocycles. The van der Waals surface area contributed by atoms with E-state index in [1.807, 2.05) is 6.92 Å². The van der Waals surface area contributed by atoms with Crippen LogP contribution >= 0.6 is 0 Å². The van der Waals surface area contributed by atoms with Crippen molar-refractivity contribution >= 4 is 11.8 Å². The van der Waals surface area contributed by atoms with Crippen LogP contribution in [0.2, 0.25) is 0 Å². The van der Waals surface area contributed by atoms with Gasteiger partial charge in [-0.15, -0.1) is 12.3 Å². The standard InChI is InChI=1S/C15H18N2O2/c1-3-6-10(2)16-14-12(15(18)19)9-11-7-4-5-8-13(11)17-14/h1,9-10H,4-8H2,2H3,(H,16,17)(H,18,19). The summed E-state index contributed by atoms with van der Waals surface area (Å²) in [7, 11) is 0. The molecule has 1 atom stereocenters. The Morgan fingerprint density at radius 1 is 1.58 bits per heavy atom. The quantitative estimate of drug-likeness (QED) is 0.814. The highest BCUT2D eigenvalue weighted by atomic mass is 16.4. The average Bonchev–Trinajstić information content (AvgIpc) is 2.38. The molecule has 2 N–H and O–H groups in total. The molecule has 100 valence electrons. The Balaban J connectivity index is 2.34. The van der Waals surface area contributed by atoms with E-state index in [2.05, 4.69) is 16.2 Å². The summed E-state index contributed by atoms with van der Waals surface area (Å²) in [5, 5.41) is 12.4. The molecule has 0 aliphatic heterocycles. The van der Waals surface area contributed by atoms with Crippen LogP contribution in [0.3, 0.4) is 0 Å². The van der Waals surface area contributed by atoms with E-state index >= 15 is 0 Å². The van der Waals surface area contributed by atoms with Crippen molar-refractivity contribution in [3.8, 4) is 12.3 Å². The van der Waals surface area contributed by atoms with Crippen molar-refractivity contribution in [3.63, 3.8) is 0 Å². The van der Waals surface area contributed by atoms with Gasteiger partial charge in [0.15, 0.2) is 0 Å². The molecule has 1 aliphatic rings. The number of terminal acetylenes is 1. The molecule has 0 bridgehead atoms. The maximum absolute atomic E-state index is 11.3. The minimum absolute atomic E-state index is 0.0113. The third kappa shape index (κ3) is 3.05. The van der Waals surface area contributed by atoms with E-state index in [0.29, 0.717) is 12.2 Å². The summed E-state index contributed by atoms with van der Waals surface area (Å²) in [5.41, 5.74) is 2.33. The van der Waals surface area contributed by atoms with E-state index in [9.17, 15) is 9.90 Å². The molecule has 2 rings (SSSR count). The number of carboxylic acid groups (broad SMARTS) is 1. The summed E-state index contributed by atoms with van der Waals surface area (Å²) in [6.07, 6.45) is 9.87. The molecule has 0 radical (unpaired) electrons. The van der Waals surface area contributed by atoms with Gasteiger partial charge in [0.2, 0.25) is 0 Å². The monoisotopic (exact) mass is 258 g/mol. The van der Waals surface area contributed by atoms with Crippen LogP contribution in [-0.4, -0.2) is 22.1 Å². The van der Waals surface area contributed by atoms with Crippen LogP contribution < -0.4 is 5.32 Å². The molecule has 1 heterocycles. The van der Waals surface area contributed by atoms with Crippen LogP contribution in [0.25, 0.3) is 0 Å². The predicted octanol–water partition coefficient (Wildman–Crippen LogP) is 2.48. The molecule has 1 aromatic rings. The number of fused-ring (bicyclic) bond motifs is 1. The zero-order valence-electron chi connectivity index (χ0n) is 11.1. The molecule has 0 spiro atoms. The number of aromatic nitrogens is 1. The second-order valence-electron chi connectivity index (χ2n) is 4.96. The second kappa shape index (κ2) is 5.75. The molecular weight excluding hydrogens is 240 g/mol. The van der Waals surface area contributed by atoms with Crippen LogP contribution in [0, 0.1) is 12.3 Å². The van der Waals surface area contributed by atoms with Crippen molar-refractivity contribution in [3.05, 3.63) is 22.9 Å². The minimum atomic E-state index is -0.948. The lowest BCUT2D eigenvalue weighted by molar-refractivity contribution is 0.0697. The van der Waals surface area contributed by atoms with E-state index < -0.39 is 5.97 Å². The zero-order valence-corrected chi connectivity index (χ0v) is 11.1. The largest absolute Gasteiger partial charge is 0.478 e. The maximum Gasteiger partial charge on any atom is 0.339 e. The maximum atomic E-state index is 11.3. The first-order valence-corrected chi connectivity index (χ1v) is 6.58. The van der Waals surface area contributed by atoms with Crippen molar-refractivity contribution < 1.29 is 9.90 Å². The number of aryl methyl sites for hydroxylation is 2. The van der Waals surface area contributed by atoms with Crippen LogP contribution in [0.1, 0.15) is 47.8 Å². The van der Waals surface area contributed by atoms with Gasteiger partial charge in [0.25, 0.3) is 0 Å². The molecular formula is C15H18N2O2. The van der Waals surface area contributed by atoms with Gasteiger partial charge >= 0.3 is 5.97 Å². The minimum Gasteiger partial charge on any atom is -0.478 e. The highest BCUT2D eigenvalue weighted by Crippen LogP contribution is 2.25. The molecule has 1 aromatic heterocycles. The summed E-state index contributed by atoms with van der Waals surface area (Å²) >= 11 is 0. The molecule has 0 fully saturated rings. The summed E-state index contributed by atoms with van der Waals surface area (Å²) in [5.74, 6) is 2.05. The molecule has 4 heteroatoms. The van der Waals surface area contributed by atoms with Crippen molar-refractivity contribution in [2.45, 2.75) is 45.1 Å². The Bertz CT molecular complexity index is 532. The lowest BCUT2D eigenvalue weighted by Gasteiger charge is -2.20. The summed E-state index contributed by atoms with van der Waals surface area (Å²) < 4.78 is 0. The van der Waals surface area contributed by atoms with Gasteiger partial charge in [-0.3, -0.25) is 0 Å². The number of rotatable bonds is 4. The van der Waals surface area contributed by atoms with E-state index in [-0.39, 0.29) is 11.6 Å². The average molecular weight is 258 g/mol. The van der Waals surface area contributed by atoms with Gasteiger partial charge in [-0.05, 0) is 44.2 Å². The Morgan fingerprint density at radius 2 is 2.32 bits per heavy atom. The van der Waals surface area contributed by atoms with Gasteiger partial charge in [0.1, 0.15) is 11.4 Å². The highest BCUT2D eigenvalue weighted by Gasteiger charge is 2.19. The molecule has 0 amide bonds. The SMILES string of the molecule is C#CCC(C)Nc1nc2c(cc1C(=O)O)CCCC2. The van der Waals surface area contributed by atoms with E-state index in [1.54, 1.807) is 6.07 Å². The topological polar surface area (TPSA) is 62.2 Å². The van der Waals surface area contributed by atoms with Gasteiger partial charge in [-0.1, -0.05) is 0 Å². The lowest BCUT2D eigenvalue weighted by atomic mass is 9.94. The van der Waals surface area contributed by atoms with Gasteiger partial charge in [0.05, 0.1) is 0 Å². The number of nitrogens with one attached hydrogen (secondary N) is 1. The molecule has 0 saturated heterocycles. The highest BCUT2D eigenvalue weighted by molar-refractivity contribution is 5.93. The van der Waals surface area contributed by atoms with Gasteiger partial charge < -0.3 is 10.4 Å². The Kier molecular flexibility index (Phi) is 4.06. The first-order chi connectivity index (χ1) is 9.11. The molecule has 1 unspecified atom stereocenters. The normalized spacial score (nSPS) is 15.2. The summed E-state index contributed by atoms with van der Waals surface area (Å²) in [6, 6.07) is 1.77. The predicted molar refractivity (Wildman–Crippen MR) is 74.4 cm³/mol. The first-order valence-electron chi connectivity index (χ1n) is 6.58. The van der Waals surface area contributed by atoms with Crippen molar-refractivity contribution in [1.29, 1.82) is 0 Å². The first kappa shape index (κ1) is 13.4. The van der Waals surface area contributed by atoms with E-state index in [1.165, 1.54) is 0 Å². The summed E-state index contributed by atoms with van der Waals surface area (Å²) in [6.45, 7) is 1.92. The molecule has 19 heavy (non-hydrogen) atoms. The number of nitrogens with zero attached hydrogens (tertiary/aromatic N) is 1. The number of carboxylic acids is 1. The van der Waals surface area contributed by atoms with Gasteiger partial charge in [-0.2, -0.15) is 0 Å². The number of carbonyl (C=O) groups is 1. The van der Waals surface area contributed by atoms with Gasteiger partial charge in [0, 0.05) is 18.2 Å².